The van der Waals surface area contributed by atoms with E-state index in [1.807, 2.05) is 42.5 Å². The largest absolute Gasteiger partial charge is 0.384 e. The normalized spacial score (nSPS) is 21.4. The van der Waals surface area contributed by atoms with Crippen molar-refractivity contribution in [3.05, 3.63) is 87.3 Å². The lowest BCUT2D eigenvalue weighted by Crippen LogP contribution is -2.30. The number of H-pyrrole nitrogens is 1. The maximum absolute atomic E-state index is 12.3. The van der Waals surface area contributed by atoms with Gasteiger partial charge in [-0.05, 0) is 42.9 Å². The Balaban J connectivity index is 1.35. The van der Waals surface area contributed by atoms with Crippen molar-refractivity contribution in [3.8, 4) is 11.4 Å². The number of fused-ring (bicyclic) bond motifs is 1. The highest BCUT2D eigenvalue weighted by atomic mass is 16.3. The molecule has 5 nitrogen and oxygen atoms in total. The van der Waals surface area contributed by atoms with Crippen LogP contribution < -0.4 is 5.56 Å². The smallest absolute Gasteiger partial charge is 0.254 e. The molecule has 0 saturated carbocycles. The molecule has 2 aliphatic rings. The highest BCUT2D eigenvalue weighted by molar-refractivity contribution is 5.56. The lowest BCUT2D eigenvalue weighted by atomic mass is 9.93. The molecule has 1 aliphatic heterocycles. The minimum Gasteiger partial charge on any atom is -0.384 e. The number of nitrogens with zero attached hydrogens (tertiary/aromatic N) is 2. The molecule has 29 heavy (non-hydrogen) atoms. The van der Waals surface area contributed by atoms with E-state index < -0.39 is 5.60 Å². The second-order valence-corrected chi connectivity index (χ2v) is 8.25. The average Bonchev–Trinajstić information content (AvgIpc) is 3.37. The number of hydrogen-bond acceptors (Lipinski definition) is 4. The van der Waals surface area contributed by atoms with Crippen LogP contribution in [0.5, 0.6) is 0 Å². The fourth-order valence-corrected chi connectivity index (χ4v) is 4.64. The maximum atomic E-state index is 12.3. The molecular formula is C24H25N3O2. The van der Waals surface area contributed by atoms with Crippen molar-refractivity contribution in [2.75, 3.05) is 13.1 Å². The van der Waals surface area contributed by atoms with E-state index >= 15 is 0 Å². The molecule has 1 aliphatic carbocycles. The van der Waals surface area contributed by atoms with Crippen LogP contribution in [0.15, 0.2) is 59.4 Å². The molecule has 2 N–H and O–H groups in total. The van der Waals surface area contributed by atoms with Crippen LogP contribution in [0.1, 0.15) is 35.2 Å². The Kier molecular flexibility index (Phi) is 4.57. The van der Waals surface area contributed by atoms with Crippen LogP contribution in [0.4, 0.5) is 0 Å². The Morgan fingerprint density at radius 2 is 1.97 bits per heavy atom. The van der Waals surface area contributed by atoms with Gasteiger partial charge in [0, 0.05) is 30.8 Å². The van der Waals surface area contributed by atoms with Crippen LogP contribution in [-0.2, 0) is 25.0 Å². The Morgan fingerprint density at radius 1 is 1.10 bits per heavy atom. The monoisotopic (exact) mass is 387 g/mol. The molecule has 0 amide bonds. The van der Waals surface area contributed by atoms with Gasteiger partial charge < -0.3 is 10.1 Å². The van der Waals surface area contributed by atoms with E-state index in [1.54, 1.807) is 0 Å². The van der Waals surface area contributed by atoms with Gasteiger partial charge in [0.25, 0.3) is 5.56 Å². The van der Waals surface area contributed by atoms with Gasteiger partial charge in [-0.2, -0.15) is 0 Å². The van der Waals surface area contributed by atoms with Crippen molar-refractivity contribution in [2.45, 2.75) is 37.8 Å². The maximum Gasteiger partial charge on any atom is 0.254 e. The van der Waals surface area contributed by atoms with Gasteiger partial charge in [-0.1, -0.05) is 48.5 Å². The summed E-state index contributed by atoms with van der Waals surface area (Å²) in [6.07, 6.45) is 3.46. The molecule has 1 saturated heterocycles. The molecule has 0 bridgehead atoms. The minimum absolute atomic E-state index is 0.000344. The minimum atomic E-state index is -0.786. The van der Waals surface area contributed by atoms with Gasteiger partial charge in [-0.25, -0.2) is 4.98 Å². The first-order valence-corrected chi connectivity index (χ1v) is 10.3. The Labute approximate surface area is 170 Å². The van der Waals surface area contributed by atoms with Crippen LogP contribution in [0.2, 0.25) is 0 Å². The molecular weight excluding hydrogens is 362 g/mol. The van der Waals surface area contributed by atoms with Gasteiger partial charge in [0.2, 0.25) is 0 Å². The standard InChI is InChI=1S/C24H25N3O2/c28-23-20-10-5-11-21(20)25-22(26-23)18-7-4-6-17(14-18)15-27-13-12-24(29,16-27)19-8-2-1-3-9-19/h1-4,6-9,14,29H,5,10-13,15-16H2,(H,25,26,28). The highest BCUT2D eigenvalue weighted by Gasteiger charge is 2.37. The molecule has 5 heteroatoms. The Hall–Kier alpha value is -2.76. The molecule has 0 spiro atoms. The summed E-state index contributed by atoms with van der Waals surface area (Å²) in [5.41, 5.74) is 4.08. The van der Waals surface area contributed by atoms with Gasteiger partial charge in [-0.3, -0.25) is 9.69 Å². The molecule has 5 rings (SSSR count). The quantitative estimate of drug-likeness (QED) is 0.722. The number of rotatable bonds is 4. The lowest BCUT2D eigenvalue weighted by molar-refractivity contribution is 0.0453. The van der Waals surface area contributed by atoms with E-state index in [9.17, 15) is 9.90 Å². The number of nitrogens with one attached hydrogen (secondary N) is 1. The fraction of sp³-hybridized carbons (Fsp3) is 0.333. The SMILES string of the molecule is O=c1[nH]c(-c2cccc(CN3CCC(O)(c4ccccc4)C3)c2)nc2c1CCC2. The van der Waals surface area contributed by atoms with E-state index in [1.165, 1.54) is 0 Å². The summed E-state index contributed by atoms with van der Waals surface area (Å²) in [5.74, 6) is 0.653. The van der Waals surface area contributed by atoms with E-state index in [0.29, 0.717) is 12.4 Å². The number of hydrogen-bond donors (Lipinski definition) is 2. The number of aromatic amines is 1. The van der Waals surface area contributed by atoms with Crippen LogP contribution >= 0.6 is 0 Å². The summed E-state index contributed by atoms with van der Waals surface area (Å²) in [4.78, 5) is 22.3. The lowest BCUT2D eigenvalue weighted by Gasteiger charge is -2.24. The van der Waals surface area contributed by atoms with Crippen molar-refractivity contribution in [3.63, 3.8) is 0 Å². The van der Waals surface area contributed by atoms with E-state index in [-0.39, 0.29) is 5.56 Å². The summed E-state index contributed by atoms with van der Waals surface area (Å²) < 4.78 is 0. The van der Waals surface area contributed by atoms with Crippen LogP contribution in [0, 0.1) is 0 Å². The summed E-state index contributed by atoms with van der Waals surface area (Å²) in [7, 11) is 0. The predicted octanol–water partition coefficient (Wildman–Crippen LogP) is 3.02. The van der Waals surface area contributed by atoms with Crippen molar-refractivity contribution in [1.82, 2.24) is 14.9 Å². The molecule has 3 aromatic rings. The summed E-state index contributed by atoms with van der Waals surface area (Å²) >= 11 is 0. The number of benzene rings is 2. The predicted molar refractivity (Wildman–Crippen MR) is 113 cm³/mol. The van der Waals surface area contributed by atoms with Crippen LogP contribution in [-0.4, -0.2) is 33.1 Å². The summed E-state index contributed by atoms with van der Waals surface area (Å²) in [6.45, 7) is 2.23. The first kappa shape index (κ1) is 18.3. The number of aryl methyl sites for hydroxylation is 1. The first-order chi connectivity index (χ1) is 14.1. The van der Waals surface area contributed by atoms with Crippen LogP contribution in [0.25, 0.3) is 11.4 Å². The van der Waals surface area contributed by atoms with Gasteiger partial charge in [-0.15, -0.1) is 0 Å². The second kappa shape index (κ2) is 7.25. The first-order valence-electron chi connectivity index (χ1n) is 10.3. The van der Waals surface area contributed by atoms with Gasteiger partial charge in [0.05, 0.1) is 5.69 Å². The van der Waals surface area contributed by atoms with Crippen molar-refractivity contribution < 1.29 is 5.11 Å². The van der Waals surface area contributed by atoms with Crippen molar-refractivity contribution in [2.24, 2.45) is 0 Å². The third-order valence-corrected chi connectivity index (χ3v) is 6.19. The molecule has 1 unspecified atom stereocenters. The molecule has 2 aromatic carbocycles. The number of β-amino-alcohol motifs (C(OH)–C–C–N with tert-alkyl or cyclic N) is 1. The molecule has 0 radical (unpaired) electrons. The van der Waals surface area contributed by atoms with E-state index in [2.05, 4.69) is 22.0 Å². The van der Waals surface area contributed by atoms with Crippen molar-refractivity contribution in [1.29, 1.82) is 0 Å². The summed E-state index contributed by atoms with van der Waals surface area (Å²) in [5, 5.41) is 11.1. The van der Waals surface area contributed by atoms with E-state index in [0.717, 1.165) is 66.7 Å². The van der Waals surface area contributed by atoms with Gasteiger partial charge in [0.1, 0.15) is 11.4 Å². The fourth-order valence-electron chi connectivity index (χ4n) is 4.64. The number of aliphatic hydroxyl groups is 1. The van der Waals surface area contributed by atoms with E-state index in [4.69, 9.17) is 4.98 Å². The number of aromatic nitrogens is 2. The van der Waals surface area contributed by atoms with Gasteiger partial charge in [0.15, 0.2) is 0 Å². The van der Waals surface area contributed by atoms with Gasteiger partial charge >= 0.3 is 0 Å². The molecule has 2 heterocycles. The zero-order valence-corrected chi connectivity index (χ0v) is 16.4. The molecule has 1 atom stereocenters. The van der Waals surface area contributed by atoms with Crippen molar-refractivity contribution >= 4 is 0 Å². The second-order valence-electron chi connectivity index (χ2n) is 8.25. The molecule has 1 fully saturated rings. The third kappa shape index (κ3) is 3.52. The highest BCUT2D eigenvalue weighted by Crippen LogP contribution is 2.32. The third-order valence-electron chi connectivity index (χ3n) is 6.19. The topological polar surface area (TPSA) is 69.2 Å². The zero-order chi connectivity index (χ0) is 19.8. The number of likely N-dealkylation sites (tertiary alicyclic amines) is 1. The molecule has 1 aromatic heterocycles. The van der Waals surface area contributed by atoms with Crippen LogP contribution in [0.3, 0.4) is 0 Å². The summed E-state index contributed by atoms with van der Waals surface area (Å²) in [6, 6.07) is 18.1. The molecule has 148 valence electrons. The zero-order valence-electron chi connectivity index (χ0n) is 16.4. The Bertz CT molecular complexity index is 1090. The Morgan fingerprint density at radius 3 is 2.83 bits per heavy atom. The average molecular weight is 387 g/mol.